The van der Waals surface area contributed by atoms with Gasteiger partial charge in [-0.2, -0.15) is 0 Å². The van der Waals surface area contributed by atoms with Crippen LogP contribution in [0, 0.1) is 6.92 Å². The van der Waals surface area contributed by atoms with E-state index in [4.69, 9.17) is 0 Å². The second kappa shape index (κ2) is 5.80. The summed E-state index contributed by atoms with van der Waals surface area (Å²) in [5, 5.41) is 5.63. The number of hydrogen-bond acceptors (Lipinski definition) is 5. The first-order chi connectivity index (χ1) is 10.2. The number of allylic oxidation sites excluding steroid dienone is 1. The van der Waals surface area contributed by atoms with Crippen LogP contribution in [0.2, 0.25) is 0 Å². The van der Waals surface area contributed by atoms with Crippen molar-refractivity contribution in [1.82, 2.24) is 19.6 Å². The summed E-state index contributed by atoms with van der Waals surface area (Å²) in [6.45, 7) is 1.84. The largest absolute Gasteiger partial charge is 0.341 e. The standard InChI is InChI=1S/C15H12N4OS/c1-10-14(13(20)8-7-12-9-21-19-18-12)17-15(16-10)11-5-3-2-4-6-11/h2-9H,1H3,(H,16,17)/b8-7-. The van der Waals surface area contributed by atoms with Crippen LogP contribution in [0.3, 0.4) is 0 Å². The maximum atomic E-state index is 12.2. The van der Waals surface area contributed by atoms with E-state index in [-0.39, 0.29) is 5.78 Å². The van der Waals surface area contributed by atoms with Gasteiger partial charge in [-0.15, -0.1) is 5.10 Å². The number of rotatable bonds is 4. The van der Waals surface area contributed by atoms with Crippen molar-refractivity contribution in [2.75, 3.05) is 0 Å². The number of H-pyrrole nitrogens is 1. The molecule has 0 fully saturated rings. The Morgan fingerprint density at radius 1 is 1.29 bits per heavy atom. The normalized spacial score (nSPS) is 11.1. The molecule has 6 heteroatoms. The maximum absolute atomic E-state index is 12.2. The van der Waals surface area contributed by atoms with Crippen LogP contribution in [0.4, 0.5) is 0 Å². The summed E-state index contributed by atoms with van der Waals surface area (Å²) in [6, 6.07) is 9.70. The molecule has 0 amide bonds. The number of aromatic amines is 1. The third-order valence-corrected chi connectivity index (χ3v) is 3.47. The van der Waals surface area contributed by atoms with Crippen LogP contribution in [0.15, 0.2) is 41.8 Å². The Labute approximate surface area is 125 Å². The summed E-state index contributed by atoms with van der Waals surface area (Å²) < 4.78 is 3.74. The van der Waals surface area contributed by atoms with E-state index in [0.29, 0.717) is 17.2 Å². The highest BCUT2D eigenvalue weighted by Gasteiger charge is 2.13. The molecule has 0 saturated carbocycles. The lowest BCUT2D eigenvalue weighted by molar-refractivity contribution is 0.104. The van der Waals surface area contributed by atoms with Crippen molar-refractivity contribution in [3.63, 3.8) is 0 Å². The van der Waals surface area contributed by atoms with Crippen molar-refractivity contribution >= 4 is 23.4 Å². The van der Waals surface area contributed by atoms with Crippen LogP contribution in [-0.4, -0.2) is 25.3 Å². The Kier molecular flexibility index (Phi) is 3.70. The quantitative estimate of drug-likeness (QED) is 0.593. The summed E-state index contributed by atoms with van der Waals surface area (Å²) in [4.78, 5) is 19.7. The van der Waals surface area contributed by atoms with Gasteiger partial charge < -0.3 is 4.98 Å². The Morgan fingerprint density at radius 3 is 2.81 bits per heavy atom. The first-order valence-corrected chi connectivity index (χ1v) is 7.19. The zero-order valence-electron chi connectivity index (χ0n) is 11.3. The molecule has 0 bridgehead atoms. The molecule has 1 aromatic carbocycles. The predicted molar refractivity (Wildman–Crippen MR) is 82.0 cm³/mol. The van der Waals surface area contributed by atoms with Gasteiger partial charge in [0.05, 0.1) is 5.69 Å². The van der Waals surface area contributed by atoms with Gasteiger partial charge >= 0.3 is 0 Å². The molecule has 0 spiro atoms. The first kappa shape index (κ1) is 13.4. The van der Waals surface area contributed by atoms with Crippen LogP contribution in [0.1, 0.15) is 21.9 Å². The van der Waals surface area contributed by atoms with Gasteiger partial charge in [0.2, 0.25) is 5.78 Å². The molecule has 0 radical (unpaired) electrons. The summed E-state index contributed by atoms with van der Waals surface area (Å²) in [5.41, 5.74) is 2.80. The topological polar surface area (TPSA) is 71.5 Å². The van der Waals surface area contributed by atoms with Gasteiger partial charge in [-0.3, -0.25) is 4.79 Å². The van der Waals surface area contributed by atoms with Gasteiger partial charge in [-0.25, -0.2) is 4.98 Å². The molecular weight excluding hydrogens is 284 g/mol. The number of ketones is 1. The van der Waals surface area contributed by atoms with Crippen molar-refractivity contribution in [1.29, 1.82) is 0 Å². The van der Waals surface area contributed by atoms with E-state index in [1.54, 1.807) is 11.5 Å². The number of carbonyl (C=O) groups is 1. The number of aromatic nitrogens is 4. The Bertz CT molecular complexity index is 775. The smallest absolute Gasteiger partial charge is 0.206 e. The van der Waals surface area contributed by atoms with Crippen molar-refractivity contribution < 1.29 is 4.79 Å². The number of nitrogens with zero attached hydrogens (tertiary/aromatic N) is 3. The molecule has 2 heterocycles. The number of hydrogen-bond donors (Lipinski definition) is 1. The van der Waals surface area contributed by atoms with Crippen molar-refractivity contribution in [2.45, 2.75) is 6.92 Å². The van der Waals surface area contributed by atoms with E-state index in [0.717, 1.165) is 11.3 Å². The second-order valence-corrected chi connectivity index (χ2v) is 5.06. The number of aryl methyl sites for hydroxylation is 1. The first-order valence-electron chi connectivity index (χ1n) is 6.35. The van der Waals surface area contributed by atoms with Crippen LogP contribution >= 0.6 is 11.5 Å². The van der Waals surface area contributed by atoms with Gasteiger partial charge in [0.1, 0.15) is 11.5 Å². The van der Waals surface area contributed by atoms with E-state index < -0.39 is 0 Å². The zero-order chi connectivity index (χ0) is 14.7. The van der Waals surface area contributed by atoms with E-state index >= 15 is 0 Å². The molecule has 3 rings (SSSR count). The number of imidazole rings is 1. The van der Waals surface area contributed by atoms with Crippen LogP contribution in [0.25, 0.3) is 17.5 Å². The second-order valence-electron chi connectivity index (χ2n) is 4.45. The fourth-order valence-corrected chi connectivity index (χ4v) is 2.34. The minimum Gasteiger partial charge on any atom is -0.341 e. The lowest BCUT2D eigenvalue weighted by Crippen LogP contribution is -1.97. The Hall–Kier alpha value is -2.60. The molecule has 0 aliphatic carbocycles. The summed E-state index contributed by atoms with van der Waals surface area (Å²) in [6.07, 6.45) is 3.11. The fraction of sp³-hybridized carbons (Fsp3) is 0.0667. The van der Waals surface area contributed by atoms with Crippen molar-refractivity contribution in [3.8, 4) is 11.4 Å². The van der Waals surface area contributed by atoms with Crippen LogP contribution in [-0.2, 0) is 0 Å². The Morgan fingerprint density at radius 2 is 2.10 bits per heavy atom. The lowest BCUT2D eigenvalue weighted by atomic mass is 10.2. The average molecular weight is 296 g/mol. The van der Waals surface area contributed by atoms with E-state index in [1.807, 2.05) is 37.3 Å². The molecule has 0 atom stereocenters. The number of benzene rings is 1. The van der Waals surface area contributed by atoms with Gasteiger partial charge in [0, 0.05) is 16.6 Å². The van der Waals surface area contributed by atoms with Crippen molar-refractivity contribution in [3.05, 3.63) is 58.9 Å². The summed E-state index contributed by atoms with van der Waals surface area (Å²) in [7, 11) is 0. The van der Waals surface area contributed by atoms with E-state index in [1.165, 1.54) is 17.6 Å². The highest BCUT2D eigenvalue weighted by atomic mass is 32.1. The molecule has 0 unspecified atom stereocenters. The monoisotopic (exact) mass is 296 g/mol. The molecule has 3 aromatic rings. The fourth-order valence-electron chi connectivity index (χ4n) is 1.92. The molecule has 0 saturated heterocycles. The molecular formula is C15H12N4OS. The molecule has 104 valence electrons. The van der Waals surface area contributed by atoms with Crippen molar-refractivity contribution in [2.24, 2.45) is 0 Å². The van der Waals surface area contributed by atoms with Crippen LogP contribution in [0.5, 0.6) is 0 Å². The zero-order valence-corrected chi connectivity index (χ0v) is 12.1. The number of carbonyl (C=O) groups excluding carboxylic acids is 1. The summed E-state index contributed by atoms with van der Waals surface area (Å²) in [5.74, 6) is 0.541. The number of nitrogens with one attached hydrogen (secondary N) is 1. The molecule has 0 aliphatic rings. The minimum absolute atomic E-state index is 0.154. The van der Waals surface area contributed by atoms with Gasteiger partial charge in [0.15, 0.2) is 0 Å². The van der Waals surface area contributed by atoms with Gasteiger partial charge in [0.25, 0.3) is 0 Å². The molecule has 1 N–H and O–H groups in total. The third kappa shape index (κ3) is 2.95. The molecule has 0 aliphatic heterocycles. The average Bonchev–Trinajstić information content (AvgIpc) is 3.15. The highest BCUT2D eigenvalue weighted by Crippen LogP contribution is 2.18. The van der Waals surface area contributed by atoms with Gasteiger partial charge in [-0.05, 0) is 30.6 Å². The Balaban J connectivity index is 1.86. The molecule has 2 aromatic heterocycles. The lowest BCUT2D eigenvalue weighted by Gasteiger charge is -1.93. The molecule has 21 heavy (non-hydrogen) atoms. The minimum atomic E-state index is -0.154. The highest BCUT2D eigenvalue weighted by molar-refractivity contribution is 7.03. The van der Waals surface area contributed by atoms with Crippen LogP contribution < -0.4 is 0 Å². The summed E-state index contributed by atoms with van der Waals surface area (Å²) >= 11 is 1.25. The van der Waals surface area contributed by atoms with E-state index in [9.17, 15) is 4.79 Å². The SMILES string of the molecule is Cc1[nH]c(-c2ccccc2)nc1C(=O)/C=C\c1csnn1. The molecule has 5 nitrogen and oxygen atoms in total. The predicted octanol–water partition coefficient (Wildman–Crippen LogP) is 3.13. The maximum Gasteiger partial charge on any atom is 0.206 e. The van der Waals surface area contributed by atoms with E-state index in [2.05, 4.69) is 19.6 Å². The third-order valence-electron chi connectivity index (χ3n) is 2.95. The van der Waals surface area contributed by atoms with Gasteiger partial charge in [-0.1, -0.05) is 34.8 Å².